The summed E-state index contributed by atoms with van der Waals surface area (Å²) in [4.78, 5) is 14.4. The van der Waals surface area contributed by atoms with Gasteiger partial charge in [0.25, 0.3) is 0 Å². The second-order valence-electron chi connectivity index (χ2n) is 6.64. The number of alkyl halides is 3. The minimum absolute atomic E-state index is 0.00388. The molecule has 1 N–H and O–H groups in total. The number of anilines is 1. The van der Waals surface area contributed by atoms with Gasteiger partial charge in [-0.05, 0) is 44.0 Å². The number of ether oxygens (including phenoxy) is 2. The topological polar surface area (TPSA) is 50.8 Å². The fraction of sp³-hybridized carbons (Fsp3) is 0.409. The van der Waals surface area contributed by atoms with E-state index in [0.717, 1.165) is 17.7 Å². The van der Waals surface area contributed by atoms with Crippen molar-refractivity contribution in [2.45, 2.75) is 32.7 Å². The first-order valence-corrected chi connectivity index (χ1v) is 10.3. The van der Waals surface area contributed by atoms with Gasteiger partial charge in [-0.25, -0.2) is 4.79 Å². The number of nitrogens with zero attached hydrogens (tertiary/aromatic N) is 1. The largest absolute Gasteiger partial charge is 0.417 e. The summed E-state index contributed by atoms with van der Waals surface area (Å²) < 4.78 is 50.5. The number of hydrogen-bond donors (Lipinski definition) is 1. The fourth-order valence-electron chi connectivity index (χ4n) is 2.91. The number of carbonyl (C=O) groups excluding carboxylic acids is 1. The van der Waals surface area contributed by atoms with E-state index in [1.54, 1.807) is 0 Å². The summed E-state index contributed by atoms with van der Waals surface area (Å²) in [7, 11) is 0. The summed E-state index contributed by atoms with van der Waals surface area (Å²) in [5, 5.41) is 2.09. The average Bonchev–Trinajstić information content (AvgIpc) is 2.72. The average molecular weight is 459 g/mol. The van der Waals surface area contributed by atoms with Crippen LogP contribution in [0.25, 0.3) is 0 Å². The molecule has 0 aliphatic rings. The smallest absolute Gasteiger partial charge is 0.351 e. The zero-order chi connectivity index (χ0) is 22.9. The molecule has 0 bridgehead atoms. The van der Waals surface area contributed by atoms with E-state index in [-0.39, 0.29) is 12.2 Å². The molecule has 5 nitrogen and oxygen atoms in total. The first-order valence-electron chi connectivity index (χ1n) is 9.94. The van der Waals surface area contributed by atoms with Gasteiger partial charge in [-0.15, -0.1) is 0 Å². The Morgan fingerprint density at radius 2 is 1.74 bits per heavy atom. The van der Waals surface area contributed by atoms with E-state index in [1.165, 1.54) is 11.0 Å². The maximum atomic E-state index is 13.1. The summed E-state index contributed by atoms with van der Waals surface area (Å²) in [6.07, 6.45) is -4.71. The van der Waals surface area contributed by atoms with E-state index >= 15 is 0 Å². The third kappa shape index (κ3) is 8.05. The standard InChI is InChI=1S/C22H26ClF3N2O3/c1-3-30-20(31-4-2)15-28(13-12-16-8-6-5-7-9-16)21(29)27-17-10-11-19(23)18(14-17)22(24,25)26/h5-11,14,20H,3-4,12-13,15H2,1-2H3,(H,27,29). The molecule has 0 spiro atoms. The molecule has 0 heterocycles. The van der Waals surface area contributed by atoms with Gasteiger partial charge in [0, 0.05) is 25.4 Å². The number of amides is 2. The molecule has 0 aromatic heterocycles. The Morgan fingerprint density at radius 3 is 2.32 bits per heavy atom. The maximum absolute atomic E-state index is 13.1. The number of benzene rings is 2. The molecule has 0 radical (unpaired) electrons. The van der Waals surface area contributed by atoms with Crippen molar-refractivity contribution in [2.24, 2.45) is 0 Å². The fourth-order valence-corrected chi connectivity index (χ4v) is 3.14. The highest BCUT2D eigenvalue weighted by Gasteiger charge is 2.33. The van der Waals surface area contributed by atoms with Crippen molar-refractivity contribution < 1.29 is 27.4 Å². The molecular formula is C22H26ClF3N2O3. The number of urea groups is 1. The minimum atomic E-state index is -4.63. The number of rotatable bonds is 10. The SMILES string of the molecule is CCOC(CN(CCc1ccccc1)C(=O)Nc1ccc(Cl)c(C(F)(F)F)c1)OCC. The first kappa shape index (κ1) is 25.0. The van der Waals surface area contributed by atoms with Crippen LogP contribution in [0.3, 0.4) is 0 Å². The second kappa shape index (κ2) is 11.9. The number of carbonyl (C=O) groups is 1. The Bertz CT molecular complexity index is 828. The van der Waals surface area contributed by atoms with Crippen molar-refractivity contribution in [3.8, 4) is 0 Å². The molecule has 0 saturated heterocycles. The lowest BCUT2D eigenvalue weighted by atomic mass is 10.1. The number of hydrogen-bond acceptors (Lipinski definition) is 3. The van der Waals surface area contributed by atoms with Crippen LogP contribution in [0.5, 0.6) is 0 Å². The molecule has 170 valence electrons. The second-order valence-corrected chi connectivity index (χ2v) is 7.05. The summed E-state index contributed by atoms with van der Waals surface area (Å²) in [5.41, 5.74) is 0.00985. The van der Waals surface area contributed by atoms with E-state index in [4.69, 9.17) is 21.1 Å². The zero-order valence-electron chi connectivity index (χ0n) is 17.4. The van der Waals surface area contributed by atoms with Gasteiger partial charge in [-0.1, -0.05) is 41.9 Å². The molecule has 2 rings (SSSR count). The summed E-state index contributed by atoms with van der Waals surface area (Å²) in [6.45, 7) is 4.86. The summed E-state index contributed by atoms with van der Waals surface area (Å²) in [6, 6.07) is 12.3. The van der Waals surface area contributed by atoms with Crippen LogP contribution in [0.2, 0.25) is 5.02 Å². The predicted octanol–water partition coefficient (Wildman–Crippen LogP) is 5.83. The Hall–Kier alpha value is -2.29. The molecule has 2 amide bonds. The molecule has 0 fully saturated rings. The van der Waals surface area contributed by atoms with Crippen molar-refractivity contribution >= 4 is 23.3 Å². The highest BCUT2D eigenvalue weighted by atomic mass is 35.5. The number of nitrogens with one attached hydrogen (secondary N) is 1. The molecule has 0 saturated carbocycles. The van der Waals surface area contributed by atoms with Crippen LogP contribution in [0.15, 0.2) is 48.5 Å². The molecule has 0 atom stereocenters. The van der Waals surface area contributed by atoms with Crippen molar-refractivity contribution in [1.29, 1.82) is 0 Å². The lowest BCUT2D eigenvalue weighted by Crippen LogP contribution is -2.43. The molecule has 0 aliphatic heterocycles. The maximum Gasteiger partial charge on any atom is 0.417 e. The first-order chi connectivity index (χ1) is 14.7. The van der Waals surface area contributed by atoms with E-state index in [9.17, 15) is 18.0 Å². The van der Waals surface area contributed by atoms with Crippen LogP contribution in [0, 0.1) is 0 Å². The summed E-state index contributed by atoms with van der Waals surface area (Å²) >= 11 is 5.66. The molecule has 2 aromatic carbocycles. The highest BCUT2D eigenvalue weighted by Crippen LogP contribution is 2.36. The van der Waals surface area contributed by atoms with Crippen LogP contribution in [-0.2, 0) is 22.1 Å². The third-order valence-corrected chi connectivity index (χ3v) is 4.73. The third-order valence-electron chi connectivity index (χ3n) is 4.40. The van der Waals surface area contributed by atoms with Crippen molar-refractivity contribution in [1.82, 2.24) is 4.90 Å². The molecule has 0 unspecified atom stereocenters. The van der Waals surface area contributed by atoms with Gasteiger partial charge in [-0.2, -0.15) is 13.2 Å². The Labute approximate surface area is 185 Å². The highest BCUT2D eigenvalue weighted by molar-refractivity contribution is 6.31. The van der Waals surface area contributed by atoms with Gasteiger partial charge < -0.3 is 19.7 Å². The lowest BCUT2D eigenvalue weighted by Gasteiger charge is -2.28. The van der Waals surface area contributed by atoms with Gasteiger partial charge >= 0.3 is 12.2 Å². The summed E-state index contributed by atoms with van der Waals surface area (Å²) in [5.74, 6) is 0. The van der Waals surface area contributed by atoms with Crippen LogP contribution in [0.4, 0.5) is 23.7 Å². The predicted molar refractivity (Wildman–Crippen MR) is 114 cm³/mol. The van der Waals surface area contributed by atoms with Crippen molar-refractivity contribution in [2.75, 3.05) is 31.6 Å². The van der Waals surface area contributed by atoms with Gasteiger partial charge in [0.05, 0.1) is 17.1 Å². The Balaban J connectivity index is 2.18. The molecule has 0 aliphatic carbocycles. The van der Waals surface area contributed by atoms with Gasteiger partial charge in [0.2, 0.25) is 0 Å². The van der Waals surface area contributed by atoms with Gasteiger partial charge in [-0.3, -0.25) is 0 Å². The van der Waals surface area contributed by atoms with Gasteiger partial charge in [0.15, 0.2) is 6.29 Å². The van der Waals surface area contributed by atoms with Gasteiger partial charge in [0.1, 0.15) is 0 Å². The monoisotopic (exact) mass is 458 g/mol. The van der Waals surface area contributed by atoms with E-state index in [1.807, 2.05) is 44.2 Å². The van der Waals surface area contributed by atoms with E-state index in [2.05, 4.69) is 5.32 Å². The Morgan fingerprint density at radius 1 is 1.10 bits per heavy atom. The van der Waals surface area contributed by atoms with Crippen LogP contribution in [-0.4, -0.2) is 43.5 Å². The normalized spacial score (nSPS) is 11.6. The molecule has 9 heteroatoms. The molecule has 2 aromatic rings. The lowest BCUT2D eigenvalue weighted by molar-refractivity contribution is -0.142. The number of halogens is 4. The van der Waals surface area contributed by atoms with Crippen LogP contribution in [0.1, 0.15) is 25.0 Å². The quantitative estimate of drug-likeness (QED) is 0.455. The van der Waals surface area contributed by atoms with Crippen molar-refractivity contribution in [3.63, 3.8) is 0 Å². The van der Waals surface area contributed by atoms with Crippen molar-refractivity contribution in [3.05, 3.63) is 64.7 Å². The van der Waals surface area contributed by atoms with E-state index in [0.29, 0.717) is 26.2 Å². The van der Waals surface area contributed by atoms with Crippen LogP contribution >= 0.6 is 11.6 Å². The van der Waals surface area contributed by atoms with E-state index < -0.39 is 29.1 Å². The molecular weight excluding hydrogens is 433 g/mol. The molecule has 31 heavy (non-hydrogen) atoms. The minimum Gasteiger partial charge on any atom is -0.351 e. The Kier molecular flexibility index (Phi) is 9.61. The zero-order valence-corrected chi connectivity index (χ0v) is 18.2. The van der Waals surface area contributed by atoms with Crippen LogP contribution < -0.4 is 5.32 Å².